The highest BCUT2D eigenvalue weighted by Crippen LogP contribution is 2.27. The number of fused-ring (bicyclic) bond motifs is 1. The van der Waals surface area contributed by atoms with Gasteiger partial charge >= 0.3 is 0 Å². The second kappa shape index (κ2) is 5.68. The van der Waals surface area contributed by atoms with Crippen molar-refractivity contribution in [2.45, 2.75) is 39.3 Å². The van der Waals surface area contributed by atoms with E-state index in [0.717, 1.165) is 25.2 Å². The maximum Gasteiger partial charge on any atom is 0.224 e. The molecule has 5 nitrogen and oxygen atoms in total. The lowest BCUT2D eigenvalue weighted by Gasteiger charge is -2.16. The van der Waals surface area contributed by atoms with Gasteiger partial charge in [0.25, 0.3) is 0 Å². The summed E-state index contributed by atoms with van der Waals surface area (Å²) in [6.45, 7) is 4.72. The number of benzene rings is 1. The number of aryl methyl sites for hydroxylation is 1. The van der Waals surface area contributed by atoms with E-state index in [1.807, 2.05) is 30.7 Å². The second-order valence-corrected chi connectivity index (χ2v) is 5.54. The molecule has 1 atom stereocenters. The van der Waals surface area contributed by atoms with E-state index >= 15 is 0 Å². The molecule has 3 rings (SSSR count). The van der Waals surface area contributed by atoms with Gasteiger partial charge in [0.05, 0.1) is 6.04 Å². The zero-order valence-corrected chi connectivity index (χ0v) is 12.4. The van der Waals surface area contributed by atoms with Crippen LogP contribution in [0.25, 0.3) is 0 Å². The second-order valence-electron chi connectivity index (χ2n) is 5.54. The lowest BCUT2D eigenvalue weighted by molar-refractivity contribution is -0.125. The van der Waals surface area contributed by atoms with E-state index in [2.05, 4.69) is 27.5 Å². The Labute approximate surface area is 124 Å². The number of hydrogen-bond acceptors (Lipinski definition) is 3. The van der Waals surface area contributed by atoms with Crippen LogP contribution < -0.4 is 5.32 Å². The van der Waals surface area contributed by atoms with E-state index in [4.69, 9.17) is 0 Å². The minimum absolute atomic E-state index is 0.0304. The van der Waals surface area contributed by atoms with Gasteiger partial charge in [-0.15, -0.1) is 0 Å². The lowest BCUT2D eigenvalue weighted by Crippen LogP contribution is -2.34. The Morgan fingerprint density at radius 3 is 2.67 bits per heavy atom. The highest BCUT2D eigenvalue weighted by atomic mass is 16.1. The molecule has 2 aromatic rings. The summed E-state index contributed by atoms with van der Waals surface area (Å²) in [6, 6.07) is 8.17. The largest absolute Gasteiger partial charge is 0.346 e. The first-order valence-electron chi connectivity index (χ1n) is 7.44. The number of carbonyl (C=O) groups is 1. The smallest absolute Gasteiger partial charge is 0.224 e. The number of nitrogens with one attached hydrogen (secondary N) is 1. The van der Waals surface area contributed by atoms with Crippen molar-refractivity contribution in [3.8, 4) is 0 Å². The van der Waals surface area contributed by atoms with Crippen molar-refractivity contribution in [2.24, 2.45) is 5.92 Å². The maximum atomic E-state index is 12.5. The molecule has 1 aliphatic rings. The predicted molar refractivity (Wildman–Crippen MR) is 79.6 cm³/mol. The van der Waals surface area contributed by atoms with Crippen molar-refractivity contribution in [3.05, 3.63) is 47.5 Å². The molecule has 0 radical (unpaired) electrons. The SMILES string of the molecule is CCn1ncnc1[C@@H](C)NC(=O)C1Cc2ccccc2C1. The Morgan fingerprint density at radius 1 is 1.38 bits per heavy atom. The highest BCUT2D eigenvalue weighted by Gasteiger charge is 2.28. The molecular formula is C16H20N4O. The Hall–Kier alpha value is -2.17. The van der Waals surface area contributed by atoms with Crippen LogP contribution in [-0.2, 0) is 24.2 Å². The van der Waals surface area contributed by atoms with Crippen molar-refractivity contribution >= 4 is 5.91 Å². The number of nitrogens with zero attached hydrogens (tertiary/aromatic N) is 3. The topological polar surface area (TPSA) is 59.8 Å². The standard InChI is InChI=1S/C16H20N4O/c1-3-20-15(17-10-18-20)11(2)19-16(21)14-8-12-6-4-5-7-13(12)9-14/h4-7,10-11,14H,3,8-9H2,1-2H3,(H,19,21)/t11-/m1/s1. The molecule has 1 N–H and O–H groups in total. The molecule has 0 bridgehead atoms. The van der Waals surface area contributed by atoms with Gasteiger partial charge in [0.2, 0.25) is 5.91 Å². The van der Waals surface area contributed by atoms with Gasteiger partial charge in [-0.25, -0.2) is 9.67 Å². The Kier molecular flexibility index (Phi) is 3.73. The van der Waals surface area contributed by atoms with Crippen LogP contribution in [0, 0.1) is 5.92 Å². The minimum Gasteiger partial charge on any atom is -0.346 e. The normalized spacial score (nSPS) is 15.7. The first-order valence-corrected chi connectivity index (χ1v) is 7.44. The van der Waals surface area contributed by atoms with Crippen LogP contribution in [0.4, 0.5) is 0 Å². The van der Waals surface area contributed by atoms with Gasteiger partial charge in [0.1, 0.15) is 12.2 Å². The summed E-state index contributed by atoms with van der Waals surface area (Å²) in [4.78, 5) is 16.7. The fourth-order valence-electron chi connectivity index (χ4n) is 2.99. The third-order valence-corrected chi connectivity index (χ3v) is 4.11. The van der Waals surface area contributed by atoms with E-state index in [9.17, 15) is 4.79 Å². The summed E-state index contributed by atoms with van der Waals surface area (Å²) in [6.07, 6.45) is 3.19. The van der Waals surface area contributed by atoms with Gasteiger partial charge in [-0.1, -0.05) is 24.3 Å². The third kappa shape index (κ3) is 2.68. The highest BCUT2D eigenvalue weighted by molar-refractivity contribution is 5.80. The molecule has 110 valence electrons. The Morgan fingerprint density at radius 2 is 2.05 bits per heavy atom. The average Bonchev–Trinajstić information content (AvgIpc) is 3.13. The van der Waals surface area contributed by atoms with Gasteiger partial charge in [0, 0.05) is 12.5 Å². The van der Waals surface area contributed by atoms with Gasteiger partial charge in [-0.05, 0) is 37.8 Å². The van der Waals surface area contributed by atoms with Crippen molar-refractivity contribution in [3.63, 3.8) is 0 Å². The fraction of sp³-hybridized carbons (Fsp3) is 0.438. The van der Waals surface area contributed by atoms with Gasteiger partial charge in [-0.3, -0.25) is 4.79 Å². The molecule has 1 amide bonds. The number of aromatic nitrogens is 3. The fourth-order valence-corrected chi connectivity index (χ4v) is 2.99. The summed E-state index contributed by atoms with van der Waals surface area (Å²) in [7, 11) is 0. The van der Waals surface area contributed by atoms with Crippen LogP contribution in [0.15, 0.2) is 30.6 Å². The monoisotopic (exact) mass is 284 g/mol. The molecular weight excluding hydrogens is 264 g/mol. The van der Waals surface area contributed by atoms with E-state index in [1.165, 1.54) is 17.5 Å². The number of carbonyl (C=O) groups excluding carboxylic acids is 1. The zero-order valence-electron chi connectivity index (χ0n) is 12.4. The molecule has 1 aliphatic carbocycles. The van der Waals surface area contributed by atoms with Gasteiger partial charge < -0.3 is 5.32 Å². The van der Waals surface area contributed by atoms with Crippen LogP contribution in [0.3, 0.4) is 0 Å². The van der Waals surface area contributed by atoms with Crippen LogP contribution in [0.5, 0.6) is 0 Å². The van der Waals surface area contributed by atoms with Crippen LogP contribution >= 0.6 is 0 Å². The van der Waals surface area contributed by atoms with Crippen molar-refractivity contribution in [1.29, 1.82) is 0 Å². The molecule has 1 heterocycles. The summed E-state index contributed by atoms with van der Waals surface area (Å²) in [5.74, 6) is 0.938. The summed E-state index contributed by atoms with van der Waals surface area (Å²) >= 11 is 0. The average molecular weight is 284 g/mol. The number of rotatable bonds is 4. The molecule has 0 unspecified atom stereocenters. The molecule has 5 heteroatoms. The molecule has 0 saturated carbocycles. The molecule has 0 aliphatic heterocycles. The number of amides is 1. The molecule has 0 spiro atoms. The zero-order chi connectivity index (χ0) is 14.8. The van der Waals surface area contributed by atoms with E-state index in [-0.39, 0.29) is 17.9 Å². The van der Waals surface area contributed by atoms with Crippen LogP contribution in [0.1, 0.15) is 36.8 Å². The molecule has 0 fully saturated rings. The van der Waals surface area contributed by atoms with Gasteiger partial charge in [-0.2, -0.15) is 5.10 Å². The van der Waals surface area contributed by atoms with Crippen molar-refractivity contribution in [1.82, 2.24) is 20.1 Å². The predicted octanol–water partition coefficient (Wildman–Crippen LogP) is 1.89. The Bertz CT molecular complexity index is 624. The van der Waals surface area contributed by atoms with E-state index in [1.54, 1.807) is 0 Å². The molecule has 0 saturated heterocycles. The first kappa shape index (κ1) is 13.8. The lowest BCUT2D eigenvalue weighted by atomic mass is 10.1. The molecule has 21 heavy (non-hydrogen) atoms. The van der Waals surface area contributed by atoms with E-state index < -0.39 is 0 Å². The summed E-state index contributed by atoms with van der Waals surface area (Å²) < 4.78 is 1.81. The van der Waals surface area contributed by atoms with Gasteiger partial charge in [0.15, 0.2) is 0 Å². The van der Waals surface area contributed by atoms with Crippen LogP contribution in [0.2, 0.25) is 0 Å². The maximum absolute atomic E-state index is 12.5. The summed E-state index contributed by atoms with van der Waals surface area (Å²) in [5, 5.41) is 7.22. The molecule has 1 aromatic heterocycles. The third-order valence-electron chi connectivity index (χ3n) is 4.11. The van der Waals surface area contributed by atoms with Crippen molar-refractivity contribution in [2.75, 3.05) is 0 Å². The summed E-state index contributed by atoms with van der Waals surface area (Å²) in [5.41, 5.74) is 2.59. The molecule has 1 aromatic carbocycles. The van der Waals surface area contributed by atoms with Crippen molar-refractivity contribution < 1.29 is 4.79 Å². The van der Waals surface area contributed by atoms with E-state index in [0.29, 0.717) is 0 Å². The Balaban J connectivity index is 1.65. The van der Waals surface area contributed by atoms with Crippen LogP contribution in [-0.4, -0.2) is 20.7 Å². The number of hydrogen-bond donors (Lipinski definition) is 1. The first-order chi connectivity index (χ1) is 10.2. The minimum atomic E-state index is -0.122. The quantitative estimate of drug-likeness (QED) is 0.932.